The van der Waals surface area contributed by atoms with Crippen LogP contribution in [0.1, 0.15) is 31.9 Å². The third kappa shape index (κ3) is 6.12. The van der Waals surface area contributed by atoms with Gasteiger partial charge in [-0.1, -0.05) is 12.1 Å². The molecule has 0 saturated carbocycles. The molecular weight excluding hydrogens is 304 g/mol. The number of hydrogen-bond donors (Lipinski definition) is 2. The molecule has 0 spiro atoms. The van der Waals surface area contributed by atoms with Crippen molar-refractivity contribution in [1.29, 1.82) is 0 Å². The first-order valence-corrected chi connectivity index (χ1v) is 7.71. The summed E-state index contributed by atoms with van der Waals surface area (Å²) in [6.45, 7) is 5.98. The summed E-state index contributed by atoms with van der Waals surface area (Å²) in [6, 6.07) is 14.0. The molecule has 0 bridgehead atoms. The molecule has 0 atom stereocenters. The lowest BCUT2D eigenvalue weighted by Crippen LogP contribution is -2.22. The van der Waals surface area contributed by atoms with Crippen LogP contribution < -0.4 is 10.2 Å². The fourth-order valence-corrected chi connectivity index (χ4v) is 1.99. The smallest absolute Gasteiger partial charge is 0.244 e. The van der Waals surface area contributed by atoms with E-state index >= 15 is 0 Å². The van der Waals surface area contributed by atoms with Crippen molar-refractivity contribution in [3.63, 3.8) is 0 Å². The number of carbonyl (C=O) groups is 1. The van der Waals surface area contributed by atoms with E-state index in [2.05, 4.69) is 10.5 Å². The highest BCUT2D eigenvalue weighted by Crippen LogP contribution is 2.17. The highest BCUT2D eigenvalue weighted by atomic mass is 16.5. The molecule has 0 heterocycles. The van der Waals surface area contributed by atoms with Gasteiger partial charge in [-0.05, 0) is 68.3 Å². The van der Waals surface area contributed by atoms with Crippen molar-refractivity contribution >= 4 is 12.1 Å². The minimum atomic E-state index is -0.238. The summed E-state index contributed by atoms with van der Waals surface area (Å²) in [5, 5.41) is 13.2. The molecule has 0 aliphatic heterocycles. The Morgan fingerprint density at radius 1 is 1.12 bits per heavy atom. The molecule has 2 rings (SSSR count). The number of aromatic hydroxyl groups is 1. The highest BCUT2D eigenvalue weighted by molar-refractivity contribution is 5.83. The molecule has 2 aromatic rings. The Labute approximate surface area is 142 Å². The molecule has 0 unspecified atom stereocenters. The molecule has 0 aliphatic rings. The van der Waals surface area contributed by atoms with Crippen LogP contribution in [0.3, 0.4) is 0 Å². The summed E-state index contributed by atoms with van der Waals surface area (Å²) in [7, 11) is 0. The van der Waals surface area contributed by atoms with E-state index in [-0.39, 0.29) is 23.7 Å². The van der Waals surface area contributed by atoms with E-state index in [0.717, 1.165) is 16.9 Å². The second kappa shape index (κ2) is 7.64. The van der Waals surface area contributed by atoms with Crippen LogP contribution in [-0.4, -0.2) is 22.8 Å². The molecule has 24 heavy (non-hydrogen) atoms. The van der Waals surface area contributed by atoms with Crippen molar-refractivity contribution in [1.82, 2.24) is 5.43 Å². The molecule has 126 valence electrons. The Bertz CT molecular complexity index is 699. The molecule has 0 aliphatic carbocycles. The summed E-state index contributed by atoms with van der Waals surface area (Å²) >= 11 is 0. The molecule has 5 nitrogen and oxygen atoms in total. The van der Waals surface area contributed by atoms with E-state index in [1.165, 1.54) is 0 Å². The van der Waals surface area contributed by atoms with Crippen LogP contribution in [0.25, 0.3) is 0 Å². The van der Waals surface area contributed by atoms with Crippen LogP contribution in [0.2, 0.25) is 0 Å². The normalized spacial score (nSPS) is 11.5. The molecule has 2 N–H and O–H groups in total. The number of nitrogens with one attached hydrogen (secondary N) is 1. The third-order valence-electron chi connectivity index (χ3n) is 3.01. The van der Waals surface area contributed by atoms with Crippen molar-refractivity contribution in [3.05, 3.63) is 59.7 Å². The van der Waals surface area contributed by atoms with E-state index in [4.69, 9.17) is 4.74 Å². The second-order valence-electron chi connectivity index (χ2n) is 6.42. The predicted octanol–water partition coefficient (Wildman–Crippen LogP) is 3.26. The number of phenols is 1. The molecule has 0 saturated heterocycles. The molecule has 1 amide bonds. The van der Waals surface area contributed by atoms with E-state index in [9.17, 15) is 9.90 Å². The zero-order valence-corrected chi connectivity index (χ0v) is 14.1. The summed E-state index contributed by atoms with van der Waals surface area (Å²) < 4.78 is 5.74. The Morgan fingerprint density at radius 2 is 1.75 bits per heavy atom. The predicted molar refractivity (Wildman–Crippen MR) is 94.4 cm³/mol. The average Bonchev–Trinajstić information content (AvgIpc) is 2.50. The van der Waals surface area contributed by atoms with Crippen molar-refractivity contribution in [2.24, 2.45) is 5.10 Å². The Hall–Kier alpha value is -2.82. The van der Waals surface area contributed by atoms with Gasteiger partial charge in [0, 0.05) is 0 Å². The van der Waals surface area contributed by atoms with E-state index < -0.39 is 0 Å². The van der Waals surface area contributed by atoms with Gasteiger partial charge in [0.25, 0.3) is 0 Å². The number of phenolic OH excluding ortho intramolecular Hbond substituents is 1. The van der Waals surface area contributed by atoms with Gasteiger partial charge in [-0.25, -0.2) is 5.43 Å². The average molecular weight is 326 g/mol. The molecular formula is C19H22N2O3. The van der Waals surface area contributed by atoms with Crippen LogP contribution in [-0.2, 0) is 11.2 Å². The zero-order chi connectivity index (χ0) is 17.6. The Balaban J connectivity index is 1.84. The van der Waals surface area contributed by atoms with Gasteiger partial charge in [-0.15, -0.1) is 0 Å². The van der Waals surface area contributed by atoms with Crippen LogP contribution in [0.15, 0.2) is 53.6 Å². The number of amides is 1. The first-order valence-electron chi connectivity index (χ1n) is 7.71. The van der Waals surface area contributed by atoms with E-state index in [1.807, 2.05) is 45.0 Å². The van der Waals surface area contributed by atoms with Gasteiger partial charge in [0.1, 0.15) is 17.1 Å². The maximum Gasteiger partial charge on any atom is 0.244 e. The van der Waals surface area contributed by atoms with Crippen LogP contribution in [0.5, 0.6) is 11.5 Å². The summed E-state index contributed by atoms with van der Waals surface area (Å²) in [5.74, 6) is 0.747. The van der Waals surface area contributed by atoms with Crippen LogP contribution in [0, 0.1) is 0 Å². The summed E-state index contributed by atoms with van der Waals surface area (Å²) in [5.41, 5.74) is 3.92. The number of rotatable bonds is 5. The van der Waals surface area contributed by atoms with Gasteiger partial charge >= 0.3 is 0 Å². The SMILES string of the molecule is CC(C)(C)Oc1ccc(/C=N\NC(=O)Cc2ccc(O)cc2)cc1. The molecule has 0 radical (unpaired) electrons. The van der Waals surface area contributed by atoms with Gasteiger partial charge in [0.2, 0.25) is 5.91 Å². The monoisotopic (exact) mass is 326 g/mol. The van der Waals surface area contributed by atoms with Crippen molar-refractivity contribution < 1.29 is 14.6 Å². The van der Waals surface area contributed by atoms with Crippen molar-refractivity contribution in [2.75, 3.05) is 0 Å². The fourth-order valence-electron chi connectivity index (χ4n) is 1.99. The van der Waals surface area contributed by atoms with Gasteiger partial charge in [-0.2, -0.15) is 5.10 Å². The number of ether oxygens (including phenoxy) is 1. The number of hydrazone groups is 1. The maximum atomic E-state index is 11.8. The van der Waals surface area contributed by atoms with E-state index in [0.29, 0.717) is 0 Å². The van der Waals surface area contributed by atoms with Gasteiger partial charge < -0.3 is 9.84 Å². The lowest BCUT2D eigenvalue weighted by molar-refractivity contribution is -0.120. The number of nitrogens with zero attached hydrogens (tertiary/aromatic N) is 1. The van der Waals surface area contributed by atoms with Gasteiger partial charge in [0.15, 0.2) is 0 Å². The number of hydrogen-bond acceptors (Lipinski definition) is 4. The zero-order valence-electron chi connectivity index (χ0n) is 14.1. The highest BCUT2D eigenvalue weighted by Gasteiger charge is 2.11. The lowest BCUT2D eigenvalue weighted by atomic mass is 10.1. The van der Waals surface area contributed by atoms with Crippen LogP contribution >= 0.6 is 0 Å². The minimum absolute atomic E-state index is 0.177. The number of benzene rings is 2. The summed E-state index contributed by atoms with van der Waals surface area (Å²) in [6.07, 6.45) is 1.78. The Morgan fingerprint density at radius 3 is 2.33 bits per heavy atom. The summed E-state index contributed by atoms with van der Waals surface area (Å²) in [4.78, 5) is 11.8. The topological polar surface area (TPSA) is 70.9 Å². The van der Waals surface area contributed by atoms with Crippen molar-refractivity contribution in [2.45, 2.75) is 32.8 Å². The Kier molecular flexibility index (Phi) is 5.58. The molecule has 5 heteroatoms. The fraction of sp³-hybridized carbons (Fsp3) is 0.263. The van der Waals surface area contributed by atoms with Gasteiger partial charge in [0.05, 0.1) is 12.6 Å². The number of carbonyl (C=O) groups excluding carboxylic acids is 1. The van der Waals surface area contributed by atoms with Crippen LogP contribution in [0.4, 0.5) is 0 Å². The molecule has 2 aromatic carbocycles. The lowest BCUT2D eigenvalue weighted by Gasteiger charge is -2.21. The largest absolute Gasteiger partial charge is 0.508 e. The molecule has 0 fully saturated rings. The maximum absolute atomic E-state index is 11.8. The first kappa shape index (κ1) is 17.5. The van der Waals surface area contributed by atoms with E-state index in [1.54, 1.807) is 30.5 Å². The molecule has 0 aromatic heterocycles. The first-order chi connectivity index (χ1) is 11.3. The standard InChI is InChI=1S/C19H22N2O3/c1-19(2,3)24-17-10-6-15(7-11-17)13-20-21-18(23)12-14-4-8-16(22)9-5-14/h4-11,13,22H,12H2,1-3H3,(H,21,23)/b20-13-. The second-order valence-corrected chi connectivity index (χ2v) is 6.42. The van der Waals surface area contributed by atoms with Crippen molar-refractivity contribution in [3.8, 4) is 11.5 Å². The minimum Gasteiger partial charge on any atom is -0.508 e. The quantitative estimate of drug-likeness (QED) is 0.654. The third-order valence-corrected chi connectivity index (χ3v) is 3.01. The van der Waals surface area contributed by atoms with Gasteiger partial charge in [-0.3, -0.25) is 4.79 Å².